The summed E-state index contributed by atoms with van der Waals surface area (Å²) in [7, 11) is 0. The number of carbonyl (C=O) groups is 1. The molecule has 8 nitrogen and oxygen atoms in total. The molecule has 0 saturated carbocycles. The number of halogens is 2. The van der Waals surface area contributed by atoms with E-state index >= 15 is 0 Å². The number of carbonyl (C=O) groups excluding carboxylic acids is 1. The zero-order valence-electron chi connectivity index (χ0n) is 18.3. The molecule has 11 heteroatoms. The van der Waals surface area contributed by atoms with E-state index in [0.717, 1.165) is 10.0 Å². The normalized spacial score (nSPS) is 13.9. The van der Waals surface area contributed by atoms with Crippen molar-refractivity contribution in [2.24, 2.45) is 0 Å². The van der Waals surface area contributed by atoms with E-state index in [1.165, 1.54) is 23.5 Å². The minimum atomic E-state index is -0.431. The highest BCUT2D eigenvalue weighted by molar-refractivity contribution is 7.18. The van der Waals surface area contributed by atoms with Crippen LogP contribution in [0.1, 0.15) is 13.8 Å². The number of anilines is 2. The number of morpholine rings is 1. The number of hydrogen-bond donors (Lipinski definition) is 2. The maximum atomic E-state index is 13.6. The van der Waals surface area contributed by atoms with Gasteiger partial charge in [-0.25, -0.2) is 19.3 Å². The number of nitrogens with zero attached hydrogens (tertiary/aromatic N) is 4. The first kappa shape index (κ1) is 23.3. The third-order valence-electron chi connectivity index (χ3n) is 4.87. The Labute approximate surface area is 200 Å². The molecule has 0 atom stereocenters. The zero-order chi connectivity index (χ0) is 23.4. The molecule has 1 aromatic carbocycles. The van der Waals surface area contributed by atoms with Gasteiger partial charge in [0.25, 0.3) is 0 Å². The molecule has 4 rings (SSSR count). The van der Waals surface area contributed by atoms with Crippen molar-refractivity contribution in [3.63, 3.8) is 0 Å². The molecule has 1 amide bonds. The lowest BCUT2D eigenvalue weighted by molar-refractivity contribution is -0.133. The first-order valence-corrected chi connectivity index (χ1v) is 11.7. The fourth-order valence-electron chi connectivity index (χ4n) is 3.27. The largest absolute Gasteiger partial charge is 0.378 e. The molecule has 0 bridgehead atoms. The molecule has 1 aliphatic rings. The lowest BCUT2D eigenvalue weighted by atomic mass is 10.1. The predicted octanol–water partition coefficient (Wildman–Crippen LogP) is 4.15. The Morgan fingerprint density at radius 1 is 1.24 bits per heavy atom. The van der Waals surface area contributed by atoms with Crippen LogP contribution < -0.4 is 10.6 Å². The van der Waals surface area contributed by atoms with Gasteiger partial charge in [-0.2, -0.15) is 0 Å². The Morgan fingerprint density at radius 2 is 2.00 bits per heavy atom. The first-order valence-electron chi connectivity index (χ1n) is 10.6. The molecule has 1 aliphatic heterocycles. The van der Waals surface area contributed by atoms with E-state index in [4.69, 9.17) is 16.3 Å². The summed E-state index contributed by atoms with van der Waals surface area (Å²) in [6.07, 6.45) is 1.73. The number of hydrogen-bond acceptors (Lipinski definition) is 8. The van der Waals surface area contributed by atoms with Crippen LogP contribution >= 0.6 is 22.9 Å². The molecule has 2 aromatic heterocycles. The van der Waals surface area contributed by atoms with Crippen molar-refractivity contribution in [1.29, 1.82) is 0 Å². The number of thiazole rings is 1. The first-order chi connectivity index (χ1) is 15.9. The van der Waals surface area contributed by atoms with Crippen LogP contribution in [-0.2, 0) is 9.53 Å². The van der Waals surface area contributed by atoms with Crippen molar-refractivity contribution in [3.05, 3.63) is 41.3 Å². The zero-order valence-corrected chi connectivity index (χ0v) is 19.8. The molecule has 0 unspecified atom stereocenters. The van der Waals surface area contributed by atoms with Crippen LogP contribution in [0.2, 0.25) is 5.02 Å². The van der Waals surface area contributed by atoms with E-state index in [-0.39, 0.29) is 29.5 Å². The minimum absolute atomic E-state index is 0.0445. The lowest BCUT2D eigenvalue weighted by Crippen LogP contribution is -2.43. The molecule has 0 spiro atoms. The fraction of sp³-hybridized carbons (Fsp3) is 0.364. The molecular formula is C22H24ClFN6O2S. The number of amides is 1. The van der Waals surface area contributed by atoms with E-state index < -0.39 is 5.82 Å². The van der Waals surface area contributed by atoms with Gasteiger partial charge in [-0.05, 0) is 38.1 Å². The van der Waals surface area contributed by atoms with Crippen LogP contribution in [-0.4, -0.2) is 64.6 Å². The summed E-state index contributed by atoms with van der Waals surface area (Å²) in [5, 5.41) is 7.31. The second kappa shape index (κ2) is 10.4. The van der Waals surface area contributed by atoms with E-state index in [9.17, 15) is 9.18 Å². The summed E-state index contributed by atoms with van der Waals surface area (Å²) in [5.74, 6) is -0.217. The molecular weight excluding hydrogens is 467 g/mol. The Bertz CT molecular complexity index is 1140. The molecule has 0 radical (unpaired) electrons. The van der Waals surface area contributed by atoms with Crippen LogP contribution in [0.5, 0.6) is 0 Å². The van der Waals surface area contributed by atoms with Crippen molar-refractivity contribution in [2.45, 2.75) is 19.9 Å². The van der Waals surface area contributed by atoms with Gasteiger partial charge in [-0.3, -0.25) is 4.79 Å². The van der Waals surface area contributed by atoms with Crippen molar-refractivity contribution in [1.82, 2.24) is 19.9 Å². The maximum absolute atomic E-state index is 13.6. The Morgan fingerprint density at radius 3 is 2.73 bits per heavy atom. The van der Waals surface area contributed by atoms with E-state index in [2.05, 4.69) is 25.6 Å². The quantitative estimate of drug-likeness (QED) is 0.514. The van der Waals surface area contributed by atoms with E-state index in [0.29, 0.717) is 43.3 Å². The number of nitrogens with one attached hydrogen (secondary N) is 2. The van der Waals surface area contributed by atoms with Gasteiger partial charge >= 0.3 is 0 Å². The second-order valence-corrected chi connectivity index (χ2v) is 9.20. The van der Waals surface area contributed by atoms with Crippen LogP contribution in [0.25, 0.3) is 21.8 Å². The van der Waals surface area contributed by atoms with Gasteiger partial charge in [-0.1, -0.05) is 22.9 Å². The second-order valence-electron chi connectivity index (χ2n) is 7.76. The van der Waals surface area contributed by atoms with Gasteiger partial charge in [0.05, 0.1) is 41.0 Å². The predicted molar refractivity (Wildman–Crippen MR) is 128 cm³/mol. The van der Waals surface area contributed by atoms with Crippen molar-refractivity contribution in [2.75, 3.05) is 43.5 Å². The molecule has 174 valence electrons. The topological polar surface area (TPSA) is 92.3 Å². The van der Waals surface area contributed by atoms with Crippen LogP contribution in [0, 0.1) is 5.82 Å². The Hall–Kier alpha value is -2.82. The van der Waals surface area contributed by atoms with Gasteiger partial charge in [0.2, 0.25) is 11.9 Å². The minimum Gasteiger partial charge on any atom is -0.378 e. The van der Waals surface area contributed by atoms with Gasteiger partial charge in [0, 0.05) is 30.9 Å². The van der Waals surface area contributed by atoms with Crippen LogP contribution in [0.15, 0.2) is 30.5 Å². The summed E-state index contributed by atoms with van der Waals surface area (Å²) in [4.78, 5) is 28.7. The molecule has 3 aromatic rings. The average Bonchev–Trinajstić information content (AvgIpc) is 3.25. The van der Waals surface area contributed by atoms with E-state index in [1.807, 2.05) is 13.8 Å². The maximum Gasteiger partial charge on any atom is 0.242 e. The molecule has 33 heavy (non-hydrogen) atoms. The molecule has 1 saturated heterocycles. The number of rotatable bonds is 7. The summed E-state index contributed by atoms with van der Waals surface area (Å²) in [6.45, 7) is 6.30. The highest BCUT2D eigenvalue weighted by atomic mass is 35.5. The van der Waals surface area contributed by atoms with E-state index in [1.54, 1.807) is 23.2 Å². The molecule has 0 aliphatic carbocycles. The van der Waals surface area contributed by atoms with Gasteiger partial charge < -0.3 is 20.3 Å². The van der Waals surface area contributed by atoms with Gasteiger partial charge in [0.1, 0.15) is 5.82 Å². The molecule has 1 fully saturated rings. The summed E-state index contributed by atoms with van der Waals surface area (Å²) in [6, 6.07) is 6.16. The SMILES string of the molecule is CC(C)Nc1ncc(-c2cc(-c3ccc(F)cc3Cl)nc(NCC(=O)N3CCOCC3)n2)s1. The monoisotopic (exact) mass is 490 g/mol. The highest BCUT2D eigenvalue weighted by Gasteiger charge is 2.18. The van der Waals surface area contributed by atoms with Crippen molar-refractivity contribution < 1.29 is 13.9 Å². The average molecular weight is 491 g/mol. The van der Waals surface area contributed by atoms with Gasteiger partial charge in [0.15, 0.2) is 5.13 Å². The number of benzene rings is 1. The summed E-state index contributed by atoms with van der Waals surface area (Å²) >= 11 is 7.75. The smallest absolute Gasteiger partial charge is 0.242 e. The Balaban J connectivity index is 1.64. The number of aromatic nitrogens is 3. The summed E-state index contributed by atoms with van der Waals surface area (Å²) in [5.41, 5.74) is 1.70. The molecule has 2 N–H and O–H groups in total. The third-order valence-corrected chi connectivity index (χ3v) is 6.13. The Kier molecular flexibility index (Phi) is 7.36. The lowest BCUT2D eigenvalue weighted by Gasteiger charge is -2.26. The fourth-order valence-corrected chi connectivity index (χ4v) is 4.46. The van der Waals surface area contributed by atoms with Crippen molar-refractivity contribution >= 4 is 39.9 Å². The van der Waals surface area contributed by atoms with Crippen molar-refractivity contribution in [3.8, 4) is 21.8 Å². The van der Waals surface area contributed by atoms with Gasteiger partial charge in [-0.15, -0.1) is 0 Å². The molecule has 3 heterocycles. The summed E-state index contributed by atoms with van der Waals surface area (Å²) < 4.78 is 18.9. The van der Waals surface area contributed by atoms with Crippen LogP contribution in [0.4, 0.5) is 15.5 Å². The third kappa shape index (κ3) is 5.95. The van der Waals surface area contributed by atoms with Crippen LogP contribution in [0.3, 0.4) is 0 Å². The highest BCUT2D eigenvalue weighted by Crippen LogP contribution is 2.33. The number of ether oxygens (including phenoxy) is 1. The standard InChI is InChI=1S/C22H24ClFN6O2S/c1-13(2)27-22-26-11-19(33-22)18-10-17(15-4-3-14(24)9-16(15)23)28-21(29-18)25-12-20(31)30-5-7-32-8-6-30/h3-4,9-11,13H,5-8,12H2,1-2H3,(H,26,27)(H,25,28,29).